The second-order valence-corrected chi connectivity index (χ2v) is 8.30. The van der Waals surface area contributed by atoms with E-state index in [-0.39, 0.29) is 0 Å². The van der Waals surface area contributed by atoms with Crippen LogP contribution in [0, 0.1) is 10.8 Å². The van der Waals surface area contributed by atoms with Crippen LogP contribution in [0.3, 0.4) is 0 Å². The first-order valence-corrected chi connectivity index (χ1v) is 8.17. The standard InChI is InChI=1S/C17H36N2/c1-7-17(5,6)9-8-10-18-11-13-19(14-12-18)15-16(2,3)4/h7-15H2,1-6H3. The molecule has 1 aliphatic rings. The number of hydrogen-bond donors (Lipinski definition) is 0. The van der Waals surface area contributed by atoms with Gasteiger partial charge in [0, 0.05) is 32.7 Å². The number of nitrogens with zero attached hydrogens (tertiary/aromatic N) is 2. The monoisotopic (exact) mass is 268 g/mol. The van der Waals surface area contributed by atoms with Gasteiger partial charge in [-0.2, -0.15) is 0 Å². The van der Waals surface area contributed by atoms with E-state index in [2.05, 4.69) is 51.3 Å². The van der Waals surface area contributed by atoms with E-state index in [0.29, 0.717) is 10.8 Å². The molecule has 0 atom stereocenters. The van der Waals surface area contributed by atoms with E-state index in [0.717, 1.165) is 0 Å². The minimum Gasteiger partial charge on any atom is -0.301 e. The van der Waals surface area contributed by atoms with Crippen molar-refractivity contribution in [1.82, 2.24) is 9.80 Å². The van der Waals surface area contributed by atoms with E-state index >= 15 is 0 Å². The first-order valence-electron chi connectivity index (χ1n) is 8.17. The van der Waals surface area contributed by atoms with Crippen molar-refractivity contribution < 1.29 is 0 Å². The molecule has 1 heterocycles. The van der Waals surface area contributed by atoms with E-state index in [1.54, 1.807) is 0 Å². The lowest BCUT2D eigenvalue weighted by Crippen LogP contribution is -2.48. The fourth-order valence-electron chi connectivity index (χ4n) is 2.80. The minimum absolute atomic E-state index is 0.438. The molecule has 1 aliphatic heterocycles. The largest absolute Gasteiger partial charge is 0.301 e. The number of rotatable bonds is 6. The summed E-state index contributed by atoms with van der Waals surface area (Å²) in [6.45, 7) is 21.7. The van der Waals surface area contributed by atoms with Gasteiger partial charge in [0.25, 0.3) is 0 Å². The van der Waals surface area contributed by atoms with Crippen LogP contribution in [0.2, 0.25) is 0 Å². The molecule has 0 aromatic carbocycles. The average Bonchev–Trinajstić information content (AvgIpc) is 2.29. The van der Waals surface area contributed by atoms with Gasteiger partial charge in [-0.25, -0.2) is 0 Å². The molecule has 0 saturated carbocycles. The normalized spacial score (nSPS) is 19.9. The lowest BCUT2D eigenvalue weighted by Gasteiger charge is -2.38. The van der Waals surface area contributed by atoms with E-state index in [4.69, 9.17) is 0 Å². The van der Waals surface area contributed by atoms with Crippen LogP contribution < -0.4 is 0 Å². The van der Waals surface area contributed by atoms with Gasteiger partial charge in [-0.05, 0) is 30.2 Å². The lowest BCUT2D eigenvalue weighted by atomic mass is 9.85. The molecule has 114 valence electrons. The molecule has 0 aromatic heterocycles. The van der Waals surface area contributed by atoms with Crippen LogP contribution in [0.15, 0.2) is 0 Å². The molecule has 1 rings (SSSR count). The highest BCUT2D eigenvalue weighted by Gasteiger charge is 2.22. The Balaban J connectivity index is 2.17. The summed E-state index contributed by atoms with van der Waals surface area (Å²) in [4.78, 5) is 5.29. The smallest absolute Gasteiger partial charge is 0.0110 e. The predicted octanol–water partition coefficient (Wildman–Crippen LogP) is 3.87. The zero-order valence-corrected chi connectivity index (χ0v) is 14.3. The molecule has 0 spiro atoms. The first-order chi connectivity index (χ1) is 8.72. The van der Waals surface area contributed by atoms with Crippen LogP contribution in [0.4, 0.5) is 0 Å². The van der Waals surface area contributed by atoms with Crippen molar-refractivity contribution in [3.05, 3.63) is 0 Å². The summed E-state index contributed by atoms with van der Waals surface area (Å²) < 4.78 is 0. The highest BCUT2D eigenvalue weighted by molar-refractivity contribution is 4.77. The molecule has 0 N–H and O–H groups in total. The minimum atomic E-state index is 0.438. The molecular formula is C17H36N2. The van der Waals surface area contributed by atoms with Crippen molar-refractivity contribution >= 4 is 0 Å². The molecular weight excluding hydrogens is 232 g/mol. The Morgan fingerprint density at radius 1 is 0.842 bits per heavy atom. The number of hydrogen-bond acceptors (Lipinski definition) is 2. The van der Waals surface area contributed by atoms with Gasteiger partial charge >= 0.3 is 0 Å². The molecule has 0 radical (unpaired) electrons. The van der Waals surface area contributed by atoms with Crippen LogP contribution in [-0.2, 0) is 0 Å². The second kappa shape index (κ2) is 7.08. The quantitative estimate of drug-likeness (QED) is 0.721. The van der Waals surface area contributed by atoms with Gasteiger partial charge in [-0.3, -0.25) is 0 Å². The van der Waals surface area contributed by atoms with Crippen LogP contribution in [-0.4, -0.2) is 49.1 Å². The Labute approximate surface area is 121 Å². The summed E-state index contributed by atoms with van der Waals surface area (Å²) in [5.74, 6) is 0. The van der Waals surface area contributed by atoms with Crippen molar-refractivity contribution in [3.63, 3.8) is 0 Å². The molecule has 0 bridgehead atoms. The molecule has 1 fully saturated rings. The topological polar surface area (TPSA) is 6.48 Å². The summed E-state index contributed by atoms with van der Waals surface area (Å²) >= 11 is 0. The van der Waals surface area contributed by atoms with Crippen molar-refractivity contribution in [1.29, 1.82) is 0 Å². The van der Waals surface area contributed by atoms with Crippen molar-refractivity contribution in [3.8, 4) is 0 Å². The van der Waals surface area contributed by atoms with Gasteiger partial charge in [-0.1, -0.05) is 48.0 Å². The Hall–Kier alpha value is -0.0800. The molecule has 0 amide bonds. The molecule has 2 heteroatoms. The summed E-state index contributed by atoms with van der Waals surface area (Å²) in [6.07, 6.45) is 4.03. The van der Waals surface area contributed by atoms with Crippen LogP contribution in [0.25, 0.3) is 0 Å². The average molecular weight is 268 g/mol. The van der Waals surface area contributed by atoms with Crippen LogP contribution >= 0.6 is 0 Å². The molecule has 2 nitrogen and oxygen atoms in total. The highest BCUT2D eigenvalue weighted by atomic mass is 15.3. The zero-order chi connectivity index (χ0) is 14.5. The van der Waals surface area contributed by atoms with Crippen molar-refractivity contribution in [2.45, 2.75) is 60.8 Å². The van der Waals surface area contributed by atoms with Gasteiger partial charge in [0.05, 0.1) is 0 Å². The fraction of sp³-hybridized carbons (Fsp3) is 1.00. The Morgan fingerprint density at radius 2 is 1.37 bits per heavy atom. The summed E-state index contributed by atoms with van der Waals surface area (Å²) in [7, 11) is 0. The van der Waals surface area contributed by atoms with Gasteiger partial charge < -0.3 is 9.80 Å². The van der Waals surface area contributed by atoms with E-state index in [1.165, 1.54) is 58.5 Å². The third kappa shape index (κ3) is 7.31. The van der Waals surface area contributed by atoms with E-state index < -0.39 is 0 Å². The Kier molecular flexibility index (Phi) is 6.32. The second-order valence-electron chi connectivity index (χ2n) is 8.30. The maximum atomic E-state index is 2.66. The summed E-state index contributed by atoms with van der Waals surface area (Å²) in [6, 6.07) is 0. The lowest BCUT2D eigenvalue weighted by molar-refractivity contribution is 0.0989. The molecule has 19 heavy (non-hydrogen) atoms. The highest BCUT2D eigenvalue weighted by Crippen LogP contribution is 2.26. The third-order valence-electron chi connectivity index (χ3n) is 4.45. The molecule has 0 aromatic rings. The molecule has 0 aliphatic carbocycles. The van der Waals surface area contributed by atoms with Crippen molar-refractivity contribution in [2.75, 3.05) is 39.3 Å². The molecule has 1 saturated heterocycles. The van der Waals surface area contributed by atoms with Gasteiger partial charge in [0.1, 0.15) is 0 Å². The van der Waals surface area contributed by atoms with Crippen LogP contribution in [0.5, 0.6) is 0 Å². The van der Waals surface area contributed by atoms with Gasteiger partial charge in [0.2, 0.25) is 0 Å². The first kappa shape index (κ1) is 17.0. The SMILES string of the molecule is CCC(C)(C)CCCN1CCN(CC(C)(C)C)CC1. The maximum absolute atomic E-state index is 2.66. The number of piperazine rings is 1. The van der Waals surface area contributed by atoms with Gasteiger partial charge in [-0.15, -0.1) is 0 Å². The zero-order valence-electron chi connectivity index (χ0n) is 14.3. The summed E-state index contributed by atoms with van der Waals surface area (Å²) in [5.41, 5.74) is 0.974. The Bertz CT molecular complexity index is 244. The fourth-order valence-corrected chi connectivity index (χ4v) is 2.80. The van der Waals surface area contributed by atoms with Crippen molar-refractivity contribution in [2.24, 2.45) is 10.8 Å². The van der Waals surface area contributed by atoms with Gasteiger partial charge in [0.15, 0.2) is 0 Å². The third-order valence-corrected chi connectivity index (χ3v) is 4.45. The predicted molar refractivity (Wildman–Crippen MR) is 85.6 cm³/mol. The summed E-state index contributed by atoms with van der Waals surface area (Å²) in [5, 5.41) is 0. The van der Waals surface area contributed by atoms with E-state index in [9.17, 15) is 0 Å². The maximum Gasteiger partial charge on any atom is 0.0110 e. The van der Waals surface area contributed by atoms with Crippen LogP contribution in [0.1, 0.15) is 60.8 Å². The molecule has 0 unspecified atom stereocenters. The van der Waals surface area contributed by atoms with E-state index in [1.807, 2.05) is 0 Å². The Morgan fingerprint density at radius 3 is 1.84 bits per heavy atom.